The number of benzene rings is 1. The van der Waals surface area contributed by atoms with Crippen LogP contribution in [-0.4, -0.2) is 30.6 Å². The highest BCUT2D eigenvalue weighted by atomic mass is 79.9. The van der Waals surface area contributed by atoms with Gasteiger partial charge in [0.15, 0.2) is 0 Å². The van der Waals surface area contributed by atoms with Crippen LogP contribution in [0.3, 0.4) is 0 Å². The Kier molecular flexibility index (Phi) is 3.46. The molecule has 4 nitrogen and oxygen atoms in total. The highest BCUT2D eigenvalue weighted by Gasteiger charge is 2.30. The molecule has 1 aliphatic rings. The van der Waals surface area contributed by atoms with Crippen LogP contribution < -0.4 is 11.1 Å². The smallest absolute Gasteiger partial charge is 0.318 e. The number of halogens is 1. The summed E-state index contributed by atoms with van der Waals surface area (Å²) in [6.07, 6.45) is 0. The number of hydrogen-bond donors (Lipinski definition) is 2. The highest BCUT2D eigenvalue weighted by molar-refractivity contribution is 9.10. The third-order valence-electron chi connectivity index (χ3n) is 2.71. The molecule has 0 aromatic heterocycles. The van der Waals surface area contributed by atoms with Crippen molar-refractivity contribution in [2.75, 3.05) is 19.6 Å². The molecule has 0 radical (unpaired) electrons. The van der Waals surface area contributed by atoms with Crippen molar-refractivity contribution in [3.63, 3.8) is 0 Å². The molecule has 2 rings (SSSR count). The molecule has 1 aromatic rings. The molecule has 3 N–H and O–H groups in total. The SMILES string of the molecule is NCCN1C(=O)NCC1c1ccc(Br)cc1. The lowest BCUT2D eigenvalue weighted by Gasteiger charge is -2.22. The maximum atomic E-state index is 11.6. The fourth-order valence-corrected chi connectivity index (χ4v) is 2.18. The van der Waals surface area contributed by atoms with Gasteiger partial charge in [0.1, 0.15) is 0 Å². The van der Waals surface area contributed by atoms with Gasteiger partial charge in [-0.2, -0.15) is 0 Å². The van der Waals surface area contributed by atoms with Gasteiger partial charge in [0.05, 0.1) is 6.04 Å². The van der Waals surface area contributed by atoms with Crippen LogP contribution in [0, 0.1) is 0 Å². The Morgan fingerprint density at radius 3 is 2.75 bits per heavy atom. The molecule has 0 bridgehead atoms. The molecule has 1 unspecified atom stereocenters. The number of nitrogens with zero attached hydrogens (tertiary/aromatic N) is 1. The average Bonchev–Trinajstić information content (AvgIpc) is 2.63. The van der Waals surface area contributed by atoms with E-state index in [-0.39, 0.29) is 12.1 Å². The Balaban J connectivity index is 2.19. The molecule has 86 valence electrons. The molecule has 16 heavy (non-hydrogen) atoms. The van der Waals surface area contributed by atoms with Crippen LogP contribution in [0.4, 0.5) is 4.79 Å². The van der Waals surface area contributed by atoms with Crippen molar-refractivity contribution in [1.82, 2.24) is 10.2 Å². The van der Waals surface area contributed by atoms with E-state index in [1.54, 1.807) is 4.90 Å². The number of hydrogen-bond acceptors (Lipinski definition) is 2. The third-order valence-corrected chi connectivity index (χ3v) is 3.24. The molecule has 1 saturated heterocycles. The van der Waals surface area contributed by atoms with Crippen molar-refractivity contribution in [1.29, 1.82) is 0 Å². The molecule has 5 heteroatoms. The Bertz CT molecular complexity index is 379. The van der Waals surface area contributed by atoms with Crippen LogP contribution in [0.15, 0.2) is 28.7 Å². The quantitative estimate of drug-likeness (QED) is 0.883. The largest absolute Gasteiger partial charge is 0.336 e. The van der Waals surface area contributed by atoms with E-state index in [4.69, 9.17) is 5.73 Å². The summed E-state index contributed by atoms with van der Waals surface area (Å²) < 4.78 is 1.04. The maximum Gasteiger partial charge on any atom is 0.318 e. The molecular formula is C11H14BrN3O. The van der Waals surface area contributed by atoms with Crippen LogP contribution in [0.1, 0.15) is 11.6 Å². The monoisotopic (exact) mass is 283 g/mol. The van der Waals surface area contributed by atoms with E-state index in [1.807, 2.05) is 24.3 Å². The number of amides is 2. The molecule has 2 amide bonds. The second kappa shape index (κ2) is 4.84. The minimum atomic E-state index is -0.0293. The van der Waals surface area contributed by atoms with Gasteiger partial charge in [-0.25, -0.2) is 4.79 Å². The van der Waals surface area contributed by atoms with Crippen LogP contribution in [-0.2, 0) is 0 Å². The first kappa shape index (κ1) is 11.4. The van der Waals surface area contributed by atoms with E-state index >= 15 is 0 Å². The number of carbonyl (C=O) groups excluding carboxylic acids is 1. The predicted molar refractivity (Wildman–Crippen MR) is 66.0 cm³/mol. The van der Waals surface area contributed by atoms with E-state index in [2.05, 4.69) is 21.2 Å². The second-order valence-corrected chi connectivity index (χ2v) is 4.65. The number of nitrogens with one attached hydrogen (secondary N) is 1. The molecule has 0 saturated carbocycles. The zero-order valence-corrected chi connectivity index (χ0v) is 10.4. The number of nitrogens with two attached hydrogens (primary N) is 1. The van der Waals surface area contributed by atoms with E-state index in [9.17, 15) is 4.79 Å². The van der Waals surface area contributed by atoms with Gasteiger partial charge < -0.3 is 16.0 Å². The van der Waals surface area contributed by atoms with Gasteiger partial charge >= 0.3 is 6.03 Å². The van der Waals surface area contributed by atoms with Gasteiger partial charge in [0, 0.05) is 24.1 Å². The van der Waals surface area contributed by atoms with Gasteiger partial charge in [0.25, 0.3) is 0 Å². The number of urea groups is 1. The highest BCUT2D eigenvalue weighted by Crippen LogP contribution is 2.25. The lowest BCUT2D eigenvalue weighted by atomic mass is 10.1. The minimum Gasteiger partial charge on any atom is -0.336 e. The van der Waals surface area contributed by atoms with E-state index < -0.39 is 0 Å². The fraction of sp³-hybridized carbons (Fsp3) is 0.364. The molecule has 1 aromatic carbocycles. The third kappa shape index (κ3) is 2.20. The van der Waals surface area contributed by atoms with Gasteiger partial charge in [-0.15, -0.1) is 0 Å². The van der Waals surface area contributed by atoms with Crippen LogP contribution in [0.5, 0.6) is 0 Å². The van der Waals surface area contributed by atoms with Crippen molar-refractivity contribution in [2.24, 2.45) is 5.73 Å². The summed E-state index contributed by atoms with van der Waals surface area (Å²) in [6.45, 7) is 1.73. The molecule has 0 aliphatic carbocycles. The summed E-state index contributed by atoms with van der Waals surface area (Å²) in [6, 6.07) is 8.09. The van der Waals surface area contributed by atoms with Crippen LogP contribution in [0.25, 0.3) is 0 Å². The Morgan fingerprint density at radius 2 is 2.12 bits per heavy atom. The molecule has 1 aliphatic heterocycles. The molecular weight excluding hydrogens is 270 g/mol. The first-order valence-corrected chi connectivity index (χ1v) is 6.01. The van der Waals surface area contributed by atoms with Gasteiger partial charge in [-0.05, 0) is 17.7 Å². The van der Waals surface area contributed by atoms with Crippen molar-refractivity contribution in [3.05, 3.63) is 34.3 Å². The first-order chi connectivity index (χ1) is 7.72. The first-order valence-electron chi connectivity index (χ1n) is 5.22. The predicted octanol–water partition coefficient (Wildman–Crippen LogP) is 1.47. The second-order valence-electron chi connectivity index (χ2n) is 3.74. The summed E-state index contributed by atoms with van der Waals surface area (Å²) in [7, 11) is 0. The topological polar surface area (TPSA) is 58.4 Å². The lowest BCUT2D eigenvalue weighted by molar-refractivity contribution is 0.206. The zero-order valence-electron chi connectivity index (χ0n) is 8.82. The Hall–Kier alpha value is -1.07. The fourth-order valence-electron chi connectivity index (χ4n) is 1.92. The molecule has 1 heterocycles. The average molecular weight is 284 g/mol. The molecule has 0 spiro atoms. The molecule has 1 fully saturated rings. The lowest BCUT2D eigenvalue weighted by Crippen LogP contribution is -2.34. The van der Waals surface area contributed by atoms with Gasteiger partial charge in [-0.1, -0.05) is 28.1 Å². The summed E-state index contributed by atoms with van der Waals surface area (Å²) >= 11 is 3.40. The maximum absolute atomic E-state index is 11.6. The minimum absolute atomic E-state index is 0.0293. The zero-order chi connectivity index (χ0) is 11.5. The van der Waals surface area contributed by atoms with E-state index in [0.717, 1.165) is 10.0 Å². The number of rotatable bonds is 3. The Morgan fingerprint density at radius 1 is 1.44 bits per heavy atom. The summed E-state index contributed by atoms with van der Waals surface area (Å²) in [5.74, 6) is 0. The van der Waals surface area contributed by atoms with Crippen molar-refractivity contribution < 1.29 is 4.79 Å². The van der Waals surface area contributed by atoms with Crippen LogP contribution >= 0.6 is 15.9 Å². The van der Waals surface area contributed by atoms with Crippen molar-refractivity contribution >= 4 is 22.0 Å². The van der Waals surface area contributed by atoms with Crippen molar-refractivity contribution in [3.8, 4) is 0 Å². The summed E-state index contributed by atoms with van der Waals surface area (Å²) in [5, 5.41) is 2.84. The van der Waals surface area contributed by atoms with Gasteiger partial charge in [0.2, 0.25) is 0 Å². The Labute approximate surface area is 103 Å². The normalized spacial score (nSPS) is 20.0. The standard InChI is InChI=1S/C11H14BrN3O/c12-9-3-1-8(2-4-9)10-7-14-11(16)15(10)6-5-13/h1-4,10H,5-7,13H2,(H,14,16). The van der Waals surface area contributed by atoms with Crippen molar-refractivity contribution in [2.45, 2.75) is 6.04 Å². The number of carbonyl (C=O) groups is 1. The van der Waals surface area contributed by atoms with Crippen LogP contribution in [0.2, 0.25) is 0 Å². The van der Waals surface area contributed by atoms with Gasteiger partial charge in [-0.3, -0.25) is 0 Å². The molecule has 1 atom stereocenters. The summed E-state index contributed by atoms with van der Waals surface area (Å²) in [5.41, 5.74) is 6.64. The summed E-state index contributed by atoms with van der Waals surface area (Å²) in [4.78, 5) is 13.3. The van der Waals surface area contributed by atoms with E-state index in [1.165, 1.54) is 0 Å². The van der Waals surface area contributed by atoms with E-state index in [0.29, 0.717) is 19.6 Å².